The summed E-state index contributed by atoms with van der Waals surface area (Å²) in [6.45, 7) is 2.31. The molecule has 2 aliphatic rings. The van der Waals surface area contributed by atoms with Crippen molar-refractivity contribution in [3.63, 3.8) is 0 Å². The predicted octanol–water partition coefficient (Wildman–Crippen LogP) is 2.02. The second-order valence-corrected chi connectivity index (χ2v) is 4.83. The number of hydrogen-bond acceptors (Lipinski definition) is 5. The molecule has 2 fully saturated rings. The predicted molar refractivity (Wildman–Crippen MR) is 66.1 cm³/mol. The molecule has 1 saturated carbocycles. The second kappa shape index (κ2) is 6.23. The fraction of sp³-hybridized carbons (Fsp3) is 0.917. The van der Waals surface area contributed by atoms with E-state index in [1.807, 2.05) is 6.92 Å². The lowest BCUT2D eigenvalue weighted by Gasteiger charge is -2.31. The Morgan fingerprint density at radius 1 is 1.53 bits per heavy atom. The third-order valence-corrected chi connectivity index (χ3v) is 3.88. The first-order valence-corrected chi connectivity index (χ1v) is 6.62. The van der Waals surface area contributed by atoms with Crippen LogP contribution in [-0.4, -0.2) is 38.1 Å². The average Bonchev–Trinajstić information content (AvgIpc) is 2.78. The van der Waals surface area contributed by atoms with Crippen molar-refractivity contribution in [2.75, 3.05) is 13.7 Å². The number of carbonyl (C=O) groups excluding carboxylic acids is 1. The van der Waals surface area contributed by atoms with Gasteiger partial charge < -0.3 is 14.2 Å². The molecule has 0 bridgehead atoms. The molecular formula is C12H19N3O4. The first-order chi connectivity index (χ1) is 9.22. The van der Waals surface area contributed by atoms with Gasteiger partial charge in [0.25, 0.3) is 0 Å². The van der Waals surface area contributed by atoms with Crippen LogP contribution in [0.2, 0.25) is 0 Å². The van der Waals surface area contributed by atoms with Crippen LogP contribution in [0.5, 0.6) is 0 Å². The molecule has 2 rings (SSSR count). The summed E-state index contributed by atoms with van der Waals surface area (Å²) >= 11 is 0. The Kier molecular flexibility index (Phi) is 4.63. The Bertz CT molecular complexity index is 383. The van der Waals surface area contributed by atoms with Crippen LogP contribution in [-0.2, 0) is 19.0 Å². The molecule has 1 saturated heterocycles. The van der Waals surface area contributed by atoms with Gasteiger partial charge in [0.05, 0.1) is 13.2 Å². The molecule has 0 N–H and O–H groups in total. The van der Waals surface area contributed by atoms with Crippen molar-refractivity contribution >= 4 is 5.97 Å². The van der Waals surface area contributed by atoms with Crippen LogP contribution in [0.25, 0.3) is 10.4 Å². The number of ether oxygens (including phenoxy) is 3. The van der Waals surface area contributed by atoms with E-state index in [1.54, 1.807) is 0 Å². The number of hydrogen-bond donors (Lipinski definition) is 0. The molecule has 0 aromatic rings. The van der Waals surface area contributed by atoms with E-state index in [0.29, 0.717) is 6.61 Å². The van der Waals surface area contributed by atoms with E-state index in [9.17, 15) is 4.79 Å². The molecule has 5 atom stereocenters. The molecule has 0 amide bonds. The fourth-order valence-corrected chi connectivity index (χ4v) is 3.14. The Labute approximate surface area is 111 Å². The lowest BCUT2D eigenvalue weighted by atomic mass is 9.76. The van der Waals surface area contributed by atoms with Crippen molar-refractivity contribution in [2.24, 2.45) is 17.0 Å². The smallest absolute Gasteiger partial charge is 0.314 e. The second-order valence-electron chi connectivity index (χ2n) is 4.83. The largest absolute Gasteiger partial charge is 0.469 e. The highest BCUT2D eigenvalue weighted by atomic mass is 16.7. The van der Waals surface area contributed by atoms with E-state index in [0.717, 1.165) is 19.3 Å². The van der Waals surface area contributed by atoms with Gasteiger partial charge in [-0.05, 0) is 25.3 Å². The van der Waals surface area contributed by atoms with Crippen molar-refractivity contribution in [2.45, 2.75) is 44.6 Å². The van der Waals surface area contributed by atoms with Crippen LogP contribution in [0.15, 0.2) is 5.11 Å². The molecule has 1 heterocycles. The average molecular weight is 269 g/mol. The Morgan fingerprint density at radius 3 is 2.95 bits per heavy atom. The summed E-state index contributed by atoms with van der Waals surface area (Å²) in [4.78, 5) is 14.9. The molecule has 0 aromatic carbocycles. The zero-order valence-corrected chi connectivity index (χ0v) is 11.2. The number of fused-ring (bicyclic) bond motifs is 1. The summed E-state index contributed by atoms with van der Waals surface area (Å²) in [7, 11) is 1.35. The summed E-state index contributed by atoms with van der Waals surface area (Å²) in [5.41, 5.74) is 8.66. The number of rotatable bonds is 4. The summed E-state index contributed by atoms with van der Waals surface area (Å²) in [6, 6.07) is -0.224. The lowest BCUT2D eigenvalue weighted by molar-refractivity contribution is -0.171. The van der Waals surface area contributed by atoms with Gasteiger partial charge in [0.2, 0.25) is 0 Å². The van der Waals surface area contributed by atoms with Crippen LogP contribution >= 0.6 is 0 Å². The maximum atomic E-state index is 12.0. The van der Waals surface area contributed by atoms with Crippen LogP contribution in [0.4, 0.5) is 0 Å². The number of azide groups is 1. The lowest BCUT2D eigenvalue weighted by Crippen LogP contribution is -2.40. The summed E-state index contributed by atoms with van der Waals surface area (Å²) < 4.78 is 16.2. The van der Waals surface area contributed by atoms with Crippen molar-refractivity contribution < 1.29 is 19.0 Å². The van der Waals surface area contributed by atoms with E-state index in [4.69, 9.17) is 19.7 Å². The van der Waals surface area contributed by atoms with Gasteiger partial charge in [-0.25, -0.2) is 0 Å². The van der Waals surface area contributed by atoms with Gasteiger partial charge in [0, 0.05) is 23.5 Å². The maximum Gasteiger partial charge on any atom is 0.314 e. The summed E-state index contributed by atoms with van der Waals surface area (Å²) in [5.74, 6) is -1.01. The molecular weight excluding hydrogens is 250 g/mol. The minimum atomic E-state index is -0.595. The number of methoxy groups -OCH3 is 1. The number of nitrogens with zero attached hydrogens (tertiary/aromatic N) is 3. The fourth-order valence-electron chi connectivity index (χ4n) is 3.14. The molecule has 1 aliphatic carbocycles. The minimum Gasteiger partial charge on any atom is -0.469 e. The Balaban J connectivity index is 2.26. The van der Waals surface area contributed by atoms with E-state index >= 15 is 0 Å². The van der Waals surface area contributed by atoms with Crippen molar-refractivity contribution in [3.8, 4) is 0 Å². The highest BCUT2D eigenvalue weighted by molar-refractivity contribution is 5.73. The molecule has 1 aliphatic heterocycles. The molecule has 0 radical (unpaired) electrons. The molecule has 0 aromatic heterocycles. The standard InChI is InChI=1S/C12H19N3O4/c1-3-18-12-10(11(16)17-2)9-7(14-15-13)5-4-6-8(9)19-12/h7-10,12H,3-6H2,1-2H3/t7-,8-,9+,10+,12-/m0/s1. The van der Waals surface area contributed by atoms with E-state index in [-0.39, 0.29) is 24.0 Å². The highest BCUT2D eigenvalue weighted by Crippen LogP contribution is 2.44. The van der Waals surface area contributed by atoms with Gasteiger partial charge in [0.15, 0.2) is 6.29 Å². The highest BCUT2D eigenvalue weighted by Gasteiger charge is 2.53. The van der Waals surface area contributed by atoms with Crippen molar-refractivity contribution in [1.29, 1.82) is 0 Å². The summed E-state index contributed by atoms with van der Waals surface area (Å²) in [6.07, 6.45) is 1.88. The summed E-state index contributed by atoms with van der Waals surface area (Å²) in [5, 5.41) is 3.83. The third-order valence-electron chi connectivity index (χ3n) is 3.88. The van der Waals surface area contributed by atoms with Gasteiger partial charge in [-0.1, -0.05) is 11.5 Å². The maximum absolute atomic E-state index is 12.0. The van der Waals surface area contributed by atoms with Crippen LogP contribution in [0.3, 0.4) is 0 Å². The van der Waals surface area contributed by atoms with Crippen LogP contribution in [0, 0.1) is 11.8 Å². The van der Waals surface area contributed by atoms with Gasteiger partial charge >= 0.3 is 5.97 Å². The van der Waals surface area contributed by atoms with Gasteiger partial charge in [-0.3, -0.25) is 4.79 Å². The third kappa shape index (κ3) is 2.68. The van der Waals surface area contributed by atoms with Crippen molar-refractivity contribution in [1.82, 2.24) is 0 Å². The SMILES string of the molecule is CCO[C@H]1O[C@H]2CCC[C@H](N=[N+]=[N-])[C@H]2[C@@H]1C(=O)OC. The zero-order chi connectivity index (χ0) is 13.8. The molecule has 106 valence electrons. The first kappa shape index (κ1) is 14.1. The number of carbonyl (C=O) groups is 1. The Hall–Kier alpha value is -1.30. The Morgan fingerprint density at radius 2 is 2.32 bits per heavy atom. The van der Waals surface area contributed by atoms with Gasteiger partial charge in [-0.2, -0.15) is 0 Å². The van der Waals surface area contributed by atoms with E-state index in [1.165, 1.54) is 7.11 Å². The molecule has 7 nitrogen and oxygen atoms in total. The van der Waals surface area contributed by atoms with Crippen LogP contribution < -0.4 is 0 Å². The minimum absolute atomic E-state index is 0.0927. The van der Waals surface area contributed by atoms with Gasteiger partial charge in [0.1, 0.15) is 5.92 Å². The topological polar surface area (TPSA) is 93.5 Å². The number of esters is 1. The first-order valence-electron chi connectivity index (χ1n) is 6.62. The van der Waals surface area contributed by atoms with Crippen LogP contribution in [0.1, 0.15) is 26.2 Å². The van der Waals surface area contributed by atoms with E-state index < -0.39 is 12.2 Å². The molecule has 19 heavy (non-hydrogen) atoms. The quantitative estimate of drug-likeness (QED) is 0.337. The zero-order valence-electron chi connectivity index (χ0n) is 11.2. The molecule has 0 unspecified atom stereocenters. The monoisotopic (exact) mass is 269 g/mol. The van der Waals surface area contributed by atoms with E-state index in [2.05, 4.69) is 10.0 Å². The van der Waals surface area contributed by atoms with Gasteiger partial charge in [-0.15, -0.1) is 0 Å². The normalized spacial score (nSPS) is 37.3. The van der Waals surface area contributed by atoms with Crippen molar-refractivity contribution in [3.05, 3.63) is 10.4 Å². The molecule has 7 heteroatoms. The molecule has 0 spiro atoms.